The van der Waals surface area contributed by atoms with Crippen LogP contribution < -0.4 is 5.73 Å². The normalized spacial score (nSPS) is 22.4. The molecule has 1 aromatic rings. The zero-order valence-electron chi connectivity index (χ0n) is 9.90. The highest BCUT2D eigenvalue weighted by atomic mass is 15.3. The Morgan fingerprint density at radius 2 is 2.27 bits per heavy atom. The second-order valence-electron chi connectivity index (χ2n) is 5.72. The lowest BCUT2D eigenvalue weighted by Gasteiger charge is -2.42. The van der Waals surface area contributed by atoms with E-state index < -0.39 is 0 Å². The van der Waals surface area contributed by atoms with Crippen molar-refractivity contribution in [1.82, 2.24) is 9.78 Å². The summed E-state index contributed by atoms with van der Waals surface area (Å²) in [5, 5.41) is 4.34. The van der Waals surface area contributed by atoms with Gasteiger partial charge in [-0.3, -0.25) is 4.68 Å². The number of hydrogen-bond donors (Lipinski definition) is 1. The smallest absolute Gasteiger partial charge is 0.0537 e. The van der Waals surface area contributed by atoms with Crippen molar-refractivity contribution in [2.45, 2.75) is 46.2 Å². The van der Waals surface area contributed by atoms with Gasteiger partial charge in [0.05, 0.1) is 6.20 Å². The first-order valence-corrected chi connectivity index (χ1v) is 5.74. The van der Waals surface area contributed by atoms with Crippen molar-refractivity contribution in [3.8, 4) is 0 Å². The molecular weight excluding hydrogens is 186 g/mol. The summed E-state index contributed by atoms with van der Waals surface area (Å²) in [6.45, 7) is 7.71. The van der Waals surface area contributed by atoms with E-state index in [1.807, 2.05) is 17.8 Å². The monoisotopic (exact) mass is 207 g/mol. The van der Waals surface area contributed by atoms with Gasteiger partial charge in [-0.15, -0.1) is 0 Å². The summed E-state index contributed by atoms with van der Waals surface area (Å²) < 4.78 is 2.04. The quantitative estimate of drug-likeness (QED) is 0.826. The Labute approximate surface area is 91.7 Å². The van der Waals surface area contributed by atoms with Gasteiger partial charge in [0.25, 0.3) is 0 Å². The van der Waals surface area contributed by atoms with E-state index in [4.69, 9.17) is 5.73 Å². The van der Waals surface area contributed by atoms with E-state index >= 15 is 0 Å². The molecule has 0 amide bonds. The minimum atomic E-state index is 0.0941. The van der Waals surface area contributed by atoms with E-state index in [9.17, 15) is 0 Å². The first kappa shape index (κ1) is 10.7. The first-order chi connectivity index (χ1) is 6.96. The number of nitrogens with zero attached hydrogens (tertiary/aromatic N) is 2. The van der Waals surface area contributed by atoms with E-state index in [2.05, 4.69) is 25.1 Å². The van der Waals surface area contributed by atoms with Crippen molar-refractivity contribution in [3.05, 3.63) is 18.0 Å². The van der Waals surface area contributed by atoms with Gasteiger partial charge in [0.1, 0.15) is 0 Å². The van der Waals surface area contributed by atoms with Gasteiger partial charge in [-0.05, 0) is 31.1 Å². The molecular formula is C12H21N3. The Balaban J connectivity index is 1.89. The van der Waals surface area contributed by atoms with Crippen molar-refractivity contribution in [3.63, 3.8) is 0 Å². The summed E-state index contributed by atoms with van der Waals surface area (Å²) in [4.78, 5) is 0. The zero-order valence-corrected chi connectivity index (χ0v) is 9.90. The van der Waals surface area contributed by atoms with Crippen LogP contribution in [0, 0.1) is 11.3 Å². The number of hydrogen-bond acceptors (Lipinski definition) is 2. The zero-order chi connectivity index (χ0) is 11.1. The lowest BCUT2D eigenvalue weighted by molar-refractivity contribution is 0.0800. The van der Waals surface area contributed by atoms with Gasteiger partial charge in [0.15, 0.2) is 0 Å². The highest BCUT2D eigenvalue weighted by Crippen LogP contribution is 2.45. The Kier molecular flexibility index (Phi) is 2.59. The molecule has 15 heavy (non-hydrogen) atoms. The molecule has 1 fully saturated rings. The molecule has 1 aliphatic carbocycles. The molecule has 1 aliphatic rings. The topological polar surface area (TPSA) is 43.8 Å². The largest absolute Gasteiger partial charge is 0.324 e. The molecule has 0 saturated heterocycles. The summed E-state index contributed by atoms with van der Waals surface area (Å²) in [7, 11) is 0. The summed E-state index contributed by atoms with van der Waals surface area (Å²) in [6, 6.07) is 0.0941. The first-order valence-electron chi connectivity index (χ1n) is 5.74. The van der Waals surface area contributed by atoms with Gasteiger partial charge in [-0.25, -0.2) is 0 Å². The average molecular weight is 207 g/mol. The van der Waals surface area contributed by atoms with Crippen LogP contribution in [0.1, 0.15) is 45.2 Å². The predicted molar refractivity (Wildman–Crippen MR) is 61.3 cm³/mol. The maximum Gasteiger partial charge on any atom is 0.0537 e. The van der Waals surface area contributed by atoms with Crippen LogP contribution in [0.25, 0.3) is 0 Å². The van der Waals surface area contributed by atoms with Gasteiger partial charge >= 0.3 is 0 Å². The van der Waals surface area contributed by atoms with E-state index in [0.29, 0.717) is 5.41 Å². The summed E-state index contributed by atoms with van der Waals surface area (Å²) in [5.41, 5.74) is 7.48. The van der Waals surface area contributed by atoms with E-state index in [1.54, 1.807) is 0 Å². The van der Waals surface area contributed by atoms with Crippen molar-refractivity contribution >= 4 is 0 Å². The predicted octanol–water partition coefficient (Wildman–Crippen LogP) is 2.34. The fraction of sp³-hybridized carbons (Fsp3) is 0.750. The molecule has 2 rings (SSSR count). The summed E-state index contributed by atoms with van der Waals surface area (Å²) in [6.07, 6.45) is 6.60. The Bertz CT molecular complexity index is 330. The van der Waals surface area contributed by atoms with Crippen LogP contribution in [-0.4, -0.2) is 9.78 Å². The summed E-state index contributed by atoms with van der Waals surface area (Å²) >= 11 is 0. The van der Waals surface area contributed by atoms with E-state index in [1.165, 1.54) is 12.8 Å². The third kappa shape index (κ3) is 2.40. The van der Waals surface area contributed by atoms with E-state index in [0.717, 1.165) is 18.0 Å². The van der Waals surface area contributed by atoms with Crippen molar-refractivity contribution in [2.24, 2.45) is 17.1 Å². The molecule has 1 heterocycles. The summed E-state index contributed by atoms with van der Waals surface area (Å²) in [5.74, 6) is 0.806. The van der Waals surface area contributed by atoms with Crippen LogP contribution in [0.4, 0.5) is 0 Å². The van der Waals surface area contributed by atoms with Gasteiger partial charge in [-0.1, -0.05) is 13.8 Å². The fourth-order valence-corrected chi connectivity index (χ4v) is 2.61. The number of aromatic nitrogens is 2. The molecule has 1 atom stereocenters. The molecule has 1 aromatic heterocycles. The molecule has 1 saturated carbocycles. The van der Waals surface area contributed by atoms with Crippen LogP contribution in [0.3, 0.4) is 0 Å². The fourth-order valence-electron chi connectivity index (χ4n) is 2.61. The maximum absolute atomic E-state index is 5.79. The second-order valence-corrected chi connectivity index (χ2v) is 5.72. The molecule has 0 aliphatic heterocycles. The van der Waals surface area contributed by atoms with Crippen molar-refractivity contribution in [1.29, 1.82) is 0 Å². The number of nitrogens with two attached hydrogens (primary N) is 1. The Morgan fingerprint density at radius 1 is 1.60 bits per heavy atom. The lowest BCUT2D eigenvalue weighted by atomic mass is 9.64. The van der Waals surface area contributed by atoms with Crippen LogP contribution >= 0.6 is 0 Å². The molecule has 0 aromatic carbocycles. The third-order valence-electron chi connectivity index (χ3n) is 3.31. The molecule has 84 valence electrons. The standard InChI is InChI=1S/C12H21N3/c1-9(13)11-6-14-15(8-11)7-10-4-12(2,3)5-10/h6,8-10H,4-5,7,13H2,1-3H3. The lowest BCUT2D eigenvalue weighted by Crippen LogP contribution is -2.34. The van der Waals surface area contributed by atoms with Gasteiger partial charge in [0, 0.05) is 24.3 Å². The van der Waals surface area contributed by atoms with Gasteiger partial charge in [-0.2, -0.15) is 5.10 Å². The Morgan fingerprint density at radius 3 is 2.73 bits per heavy atom. The van der Waals surface area contributed by atoms with Crippen molar-refractivity contribution in [2.75, 3.05) is 0 Å². The molecule has 0 bridgehead atoms. The maximum atomic E-state index is 5.79. The average Bonchev–Trinajstić information content (AvgIpc) is 2.49. The minimum absolute atomic E-state index is 0.0941. The Hall–Kier alpha value is -0.830. The second kappa shape index (κ2) is 3.63. The van der Waals surface area contributed by atoms with Crippen LogP contribution in [0.2, 0.25) is 0 Å². The third-order valence-corrected chi connectivity index (χ3v) is 3.31. The SMILES string of the molecule is CC(N)c1cnn(CC2CC(C)(C)C2)c1. The molecule has 3 heteroatoms. The number of rotatable bonds is 3. The molecule has 3 nitrogen and oxygen atoms in total. The van der Waals surface area contributed by atoms with E-state index in [-0.39, 0.29) is 6.04 Å². The molecule has 1 unspecified atom stereocenters. The van der Waals surface area contributed by atoms with Crippen LogP contribution in [-0.2, 0) is 6.54 Å². The highest BCUT2D eigenvalue weighted by Gasteiger charge is 2.35. The van der Waals surface area contributed by atoms with Gasteiger partial charge < -0.3 is 5.73 Å². The van der Waals surface area contributed by atoms with Gasteiger partial charge in [0.2, 0.25) is 0 Å². The molecule has 2 N–H and O–H groups in total. The van der Waals surface area contributed by atoms with Crippen molar-refractivity contribution < 1.29 is 0 Å². The highest BCUT2D eigenvalue weighted by molar-refractivity contribution is 5.08. The van der Waals surface area contributed by atoms with Crippen LogP contribution in [0.5, 0.6) is 0 Å². The molecule has 0 spiro atoms. The van der Waals surface area contributed by atoms with Crippen LogP contribution in [0.15, 0.2) is 12.4 Å². The minimum Gasteiger partial charge on any atom is -0.324 e. The molecule has 0 radical (unpaired) electrons.